The van der Waals surface area contributed by atoms with E-state index in [0.29, 0.717) is 23.1 Å². The van der Waals surface area contributed by atoms with E-state index in [1.165, 1.54) is 5.56 Å². The first-order valence-corrected chi connectivity index (χ1v) is 8.60. The number of hydrogen-bond donors (Lipinski definition) is 2. The normalized spacial score (nSPS) is 10.4. The second-order valence-electron chi connectivity index (χ2n) is 6.28. The number of hydrogen-bond acceptors (Lipinski definition) is 5. The topological polar surface area (TPSA) is 76.1 Å². The summed E-state index contributed by atoms with van der Waals surface area (Å²) in [7, 11) is 1.58. The lowest BCUT2D eigenvalue weighted by Crippen LogP contribution is -2.15. The highest BCUT2D eigenvalue weighted by atomic mass is 16.5. The van der Waals surface area contributed by atoms with Gasteiger partial charge in [-0.05, 0) is 56.2 Å². The number of nitrogens with zero attached hydrogens (tertiary/aromatic N) is 2. The van der Waals surface area contributed by atoms with E-state index in [1.807, 2.05) is 51.1 Å². The van der Waals surface area contributed by atoms with E-state index < -0.39 is 0 Å². The molecule has 1 amide bonds. The van der Waals surface area contributed by atoms with Crippen LogP contribution in [-0.4, -0.2) is 23.0 Å². The maximum absolute atomic E-state index is 12.6. The van der Waals surface area contributed by atoms with Crippen LogP contribution in [-0.2, 0) is 0 Å². The van der Waals surface area contributed by atoms with Gasteiger partial charge in [-0.15, -0.1) is 0 Å². The second kappa shape index (κ2) is 7.86. The molecule has 1 heterocycles. The van der Waals surface area contributed by atoms with Crippen LogP contribution in [0.1, 0.15) is 27.3 Å². The van der Waals surface area contributed by atoms with Gasteiger partial charge in [-0.1, -0.05) is 18.2 Å². The van der Waals surface area contributed by atoms with Gasteiger partial charge in [-0.3, -0.25) is 4.79 Å². The summed E-state index contributed by atoms with van der Waals surface area (Å²) in [5.74, 6) is 0.751. The standard InChI is InChI=1S/C21H22N4O2/c1-13-7-5-10-18(15(13)3)24-21-22-14(2)11-19(25-21)20(26)23-16-8-6-9-17(12-16)27-4/h5-12H,1-4H3,(H,23,26)(H,22,24,25). The molecule has 0 radical (unpaired) electrons. The summed E-state index contributed by atoms with van der Waals surface area (Å²) < 4.78 is 5.18. The largest absolute Gasteiger partial charge is 0.497 e. The van der Waals surface area contributed by atoms with Crippen molar-refractivity contribution in [3.8, 4) is 5.75 Å². The zero-order valence-electron chi connectivity index (χ0n) is 15.8. The number of rotatable bonds is 5. The van der Waals surface area contributed by atoms with Crippen molar-refractivity contribution >= 4 is 23.2 Å². The highest BCUT2D eigenvalue weighted by Crippen LogP contribution is 2.22. The first-order valence-electron chi connectivity index (χ1n) is 8.60. The summed E-state index contributed by atoms with van der Waals surface area (Å²) in [6.45, 7) is 5.91. The Morgan fingerprint density at radius 1 is 1.00 bits per heavy atom. The van der Waals surface area contributed by atoms with Crippen molar-refractivity contribution in [2.75, 3.05) is 17.7 Å². The smallest absolute Gasteiger partial charge is 0.274 e. The molecule has 3 rings (SSSR count). The lowest BCUT2D eigenvalue weighted by Gasteiger charge is -2.12. The molecule has 2 aromatic carbocycles. The quantitative estimate of drug-likeness (QED) is 0.703. The Hall–Kier alpha value is -3.41. The first-order chi connectivity index (χ1) is 13.0. The Kier molecular flexibility index (Phi) is 5.35. The number of nitrogens with one attached hydrogen (secondary N) is 2. The van der Waals surface area contributed by atoms with Crippen LogP contribution in [0, 0.1) is 20.8 Å². The lowest BCUT2D eigenvalue weighted by atomic mass is 10.1. The molecule has 0 atom stereocenters. The van der Waals surface area contributed by atoms with Crippen LogP contribution in [0.2, 0.25) is 0 Å². The number of aryl methyl sites for hydroxylation is 2. The minimum Gasteiger partial charge on any atom is -0.497 e. The zero-order chi connectivity index (χ0) is 19.4. The van der Waals surface area contributed by atoms with Crippen LogP contribution < -0.4 is 15.4 Å². The molecule has 0 bridgehead atoms. The van der Waals surface area contributed by atoms with Gasteiger partial charge in [0.05, 0.1) is 7.11 Å². The van der Waals surface area contributed by atoms with Crippen LogP contribution in [0.3, 0.4) is 0 Å². The second-order valence-corrected chi connectivity index (χ2v) is 6.28. The van der Waals surface area contributed by atoms with Crippen LogP contribution in [0.5, 0.6) is 5.75 Å². The van der Waals surface area contributed by atoms with Crippen molar-refractivity contribution < 1.29 is 9.53 Å². The molecule has 138 valence electrons. The summed E-state index contributed by atoms with van der Waals surface area (Å²) in [6, 6.07) is 14.8. The minimum atomic E-state index is -0.308. The van der Waals surface area contributed by atoms with Gasteiger partial charge in [0.2, 0.25) is 5.95 Å². The number of methoxy groups -OCH3 is 1. The molecule has 27 heavy (non-hydrogen) atoms. The van der Waals surface area contributed by atoms with Crippen molar-refractivity contribution in [1.29, 1.82) is 0 Å². The van der Waals surface area contributed by atoms with E-state index in [2.05, 4.69) is 20.6 Å². The highest BCUT2D eigenvalue weighted by molar-refractivity contribution is 6.03. The molecule has 1 aromatic heterocycles. The molecule has 3 aromatic rings. The predicted octanol–water partition coefficient (Wildman–Crippen LogP) is 4.41. The zero-order valence-corrected chi connectivity index (χ0v) is 15.8. The van der Waals surface area contributed by atoms with Gasteiger partial charge in [0.15, 0.2) is 0 Å². The van der Waals surface area contributed by atoms with Crippen LogP contribution >= 0.6 is 0 Å². The first kappa shape index (κ1) is 18.4. The Labute approximate surface area is 158 Å². The molecular formula is C21H22N4O2. The monoisotopic (exact) mass is 362 g/mol. The van der Waals surface area contributed by atoms with E-state index in [-0.39, 0.29) is 11.6 Å². The van der Waals surface area contributed by atoms with E-state index in [4.69, 9.17) is 4.74 Å². The van der Waals surface area contributed by atoms with E-state index in [1.54, 1.807) is 25.3 Å². The summed E-state index contributed by atoms with van der Waals surface area (Å²) in [6.07, 6.45) is 0. The number of carbonyl (C=O) groups excluding carboxylic acids is 1. The summed E-state index contributed by atoms with van der Waals surface area (Å²) in [4.78, 5) is 21.4. The van der Waals surface area contributed by atoms with Crippen molar-refractivity contribution in [3.63, 3.8) is 0 Å². The average molecular weight is 362 g/mol. The molecule has 0 spiro atoms. The summed E-state index contributed by atoms with van der Waals surface area (Å²) >= 11 is 0. The van der Waals surface area contributed by atoms with E-state index in [0.717, 1.165) is 11.3 Å². The van der Waals surface area contributed by atoms with Gasteiger partial charge in [0.25, 0.3) is 5.91 Å². The number of carbonyl (C=O) groups is 1. The van der Waals surface area contributed by atoms with Crippen molar-refractivity contribution in [2.45, 2.75) is 20.8 Å². The van der Waals surface area contributed by atoms with Gasteiger partial charge < -0.3 is 15.4 Å². The fourth-order valence-corrected chi connectivity index (χ4v) is 2.64. The molecule has 2 N–H and O–H groups in total. The number of aromatic nitrogens is 2. The van der Waals surface area contributed by atoms with Crippen molar-refractivity contribution in [1.82, 2.24) is 9.97 Å². The van der Waals surface area contributed by atoms with E-state index in [9.17, 15) is 4.79 Å². The summed E-state index contributed by atoms with van der Waals surface area (Å²) in [5.41, 5.74) is 4.83. The fourth-order valence-electron chi connectivity index (χ4n) is 2.64. The molecule has 6 nitrogen and oxygen atoms in total. The molecule has 0 saturated carbocycles. The maximum Gasteiger partial charge on any atom is 0.274 e. The maximum atomic E-state index is 12.6. The van der Waals surface area contributed by atoms with Crippen molar-refractivity contribution in [2.24, 2.45) is 0 Å². The average Bonchev–Trinajstić information content (AvgIpc) is 2.65. The third-order valence-electron chi connectivity index (χ3n) is 4.27. The molecule has 0 aliphatic rings. The van der Waals surface area contributed by atoms with Gasteiger partial charge in [-0.2, -0.15) is 0 Å². The van der Waals surface area contributed by atoms with E-state index >= 15 is 0 Å². The minimum absolute atomic E-state index is 0.290. The molecule has 0 fully saturated rings. The molecule has 0 saturated heterocycles. The van der Waals surface area contributed by atoms with Crippen LogP contribution in [0.25, 0.3) is 0 Å². The third kappa shape index (κ3) is 4.41. The molecule has 0 aliphatic carbocycles. The predicted molar refractivity (Wildman–Crippen MR) is 107 cm³/mol. The van der Waals surface area contributed by atoms with Gasteiger partial charge in [0.1, 0.15) is 11.4 Å². The molecular weight excluding hydrogens is 340 g/mol. The highest BCUT2D eigenvalue weighted by Gasteiger charge is 2.12. The Morgan fingerprint density at radius 2 is 1.78 bits per heavy atom. The van der Waals surface area contributed by atoms with Crippen LogP contribution in [0.15, 0.2) is 48.5 Å². The molecule has 0 aliphatic heterocycles. The number of amides is 1. The van der Waals surface area contributed by atoms with Gasteiger partial charge in [-0.25, -0.2) is 9.97 Å². The van der Waals surface area contributed by atoms with Gasteiger partial charge in [0, 0.05) is 23.1 Å². The van der Waals surface area contributed by atoms with Crippen molar-refractivity contribution in [3.05, 3.63) is 71.0 Å². The fraction of sp³-hybridized carbons (Fsp3) is 0.190. The lowest BCUT2D eigenvalue weighted by molar-refractivity contribution is 0.102. The Bertz CT molecular complexity index is 986. The molecule has 0 unspecified atom stereocenters. The SMILES string of the molecule is COc1cccc(NC(=O)c2cc(C)nc(Nc3cccc(C)c3C)n2)c1. The number of ether oxygens (including phenoxy) is 1. The number of anilines is 3. The van der Waals surface area contributed by atoms with Crippen LogP contribution in [0.4, 0.5) is 17.3 Å². The Balaban J connectivity index is 1.84. The molecule has 6 heteroatoms. The third-order valence-corrected chi connectivity index (χ3v) is 4.27. The van der Waals surface area contributed by atoms with Gasteiger partial charge >= 0.3 is 0 Å². The number of benzene rings is 2. The Morgan fingerprint density at radius 3 is 2.56 bits per heavy atom. The summed E-state index contributed by atoms with van der Waals surface area (Å²) in [5, 5.41) is 6.04.